The van der Waals surface area contributed by atoms with E-state index in [9.17, 15) is 4.79 Å². The molecule has 0 spiro atoms. The fraction of sp³-hybridized carbons (Fsp3) is 0.368. The molecule has 0 bridgehead atoms. The maximum Gasteiger partial charge on any atom is 0.243 e. The highest BCUT2D eigenvalue weighted by molar-refractivity contribution is 5.94. The van der Waals surface area contributed by atoms with E-state index in [-0.39, 0.29) is 11.9 Å². The number of fused-ring (bicyclic) bond motifs is 1. The van der Waals surface area contributed by atoms with Crippen molar-refractivity contribution in [2.75, 3.05) is 31.6 Å². The van der Waals surface area contributed by atoms with Crippen molar-refractivity contribution in [1.29, 1.82) is 0 Å². The first-order valence-corrected chi connectivity index (χ1v) is 8.98. The Morgan fingerprint density at radius 3 is 2.78 bits per heavy atom. The number of carbonyl (C=O) groups is 1. The summed E-state index contributed by atoms with van der Waals surface area (Å²) < 4.78 is 7.10. The number of morpholine rings is 1. The van der Waals surface area contributed by atoms with Crippen molar-refractivity contribution in [2.45, 2.75) is 13.0 Å². The van der Waals surface area contributed by atoms with Crippen molar-refractivity contribution < 1.29 is 9.53 Å². The second kappa shape index (κ2) is 7.42. The number of hydrogen-bond donors (Lipinski definition) is 1. The third-order valence-corrected chi connectivity index (χ3v) is 4.83. The summed E-state index contributed by atoms with van der Waals surface area (Å²) in [6.45, 7) is 4.70. The maximum atomic E-state index is 12.6. The lowest BCUT2D eigenvalue weighted by molar-refractivity contribution is -0.122. The van der Waals surface area contributed by atoms with Gasteiger partial charge in [-0.25, -0.2) is 9.97 Å². The molecule has 1 amide bonds. The first kappa shape index (κ1) is 17.6. The Balaban J connectivity index is 1.54. The van der Waals surface area contributed by atoms with E-state index in [0.29, 0.717) is 19.2 Å². The number of benzene rings is 1. The first-order chi connectivity index (χ1) is 13.1. The molecule has 0 radical (unpaired) electrons. The average molecular weight is 366 g/mol. The highest BCUT2D eigenvalue weighted by atomic mass is 16.5. The maximum absolute atomic E-state index is 12.6. The van der Waals surface area contributed by atoms with Crippen LogP contribution in [-0.4, -0.2) is 62.9 Å². The average Bonchev–Trinajstić information content (AvgIpc) is 3.14. The number of nitrogens with zero attached hydrogens (tertiary/aromatic N) is 5. The molecule has 2 aromatic heterocycles. The van der Waals surface area contributed by atoms with Crippen LogP contribution in [0, 0.1) is 0 Å². The molecule has 4 rings (SSSR count). The number of anilines is 1. The Labute approximate surface area is 157 Å². The van der Waals surface area contributed by atoms with Crippen molar-refractivity contribution in [3.05, 3.63) is 36.8 Å². The van der Waals surface area contributed by atoms with Gasteiger partial charge in [0.1, 0.15) is 0 Å². The normalized spacial score (nSPS) is 16.4. The number of aryl methyl sites for hydroxylation is 1. The van der Waals surface area contributed by atoms with E-state index in [1.807, 2.05) is 44.6 Å². The summed E-state index contributed by atoms with van der Waals surface area (Å²) in [6.07, 6.45) is 5.49. The molecule has 1 atom stereocenters. The third kappa shape index (κ3) is 3.81. The molecule has 1 aliphatic heterocycles. The summed E-state index contributed by atoms with van der Waals surface area (Å²) >= 11 is 0. The first-order valence-electron chi connectivity index (χ1n) is 8.98. The topological polar surface area (TPSA) is 85.2 Å². The fourth-order valence-electron chi connectivity index (χ4n) is 3.18. The van der Waals surface area contributed by atoms with Crippen LogP contribution in [0.5, 0.6) is 0 Å². The van der Waals surface area contributed by atoms with Gasteiger partial charge in [-0.1, -0.05) is 12.1 Å². The lowest BCUT2D eigenvalue weighted by atomic mass is 10.1. The molecule has 3 aromatic rings. The summed E-state index contributed by atoms with van der Waals surface area (Å²) in [5, 5.41) is 7.96. The van der Waals surface area contributed by atoms with Gasteiger partial charge < -0.3 is 4.74 Å². The highest BCUT2D eigenvalue weighted by Crippen LogP contribution is 2.23. The molecule has 27 heavy (non-hydrogen) atoms. The fourth-order valence-corrected chi connectivity index (χ4v) is 3.18. The largest absolute Gasteiger partial charge is 0.379 e. The molecule has 1 N–H and O–H groups in total. The molecule has 1 aromatic carbocycles. The number of nitrogens with one attached hydrogen (secondary N) is 1. The minimum atomic E-state index is -0.255. The number of amides is 1. The molecule has 0 unspecified atom stereocenters. The Morgan fingerprint density at radius 1 is 1.22 bits per heavy atom. The standard InChI is InChI=1S/C19H22N6O2/c1-13(25-5-7-27-8-6-25)18(26)23-19-20-10-15-4-3-14(9-17(15)22-19)16-11-21-24(2)12-16/h3-4,9-13H,5-8H2,1-2H3,(H,20,22,23,26)/t13-/m0/s1. The van der Waals surface area contributed by atoms with Crippen LogP contribution in [0.1, 0.15) is 6.92 Å². The van der Waals surface area contributed by atoms with E-state index >= 15 is 0 Å². The Kier molecular flexibility index (Phi) is 4.83. The van der Waals surface area contributed by atoms with Gasteiger partial charge in [0.05, 0.1) is 31.0 Å². The third-order valence-electron chi connectivity index (χ3n) is 4.83. The van der Waals surface area contributed by atoms with Crippen molar-refractivity contribution >= 4 is 22.8 Å². The van der Waals surface area contributed by atoms with E-state index in [1.54, 1.807) is 10.9 Å². The minimum Gasteiger partial charge on any atom is -0.379 e. The Bertz CT molecular complexity index is 964. The molecule has 3 heterocycles. The molecule has 8 heteroatoms. The van der Waals surface area contributed by atoms with E-state index in [1.165, 1.54) is 0 Å². The van der Waals surface area contributed by atoms with Crippen LogP contribution < -0.4 is 5.32 Å². The molecule has 0 aliphatic carbocycles. The van der Waals surface area contributed by atoms with Crippen LogP contribution in [0.2, 0.25) is 0 Å². The van der Waals surface area contributed by atoms with Crippen molar-refractivity contribution in [3.8, 4) is 11.1 Å². The van der Waals surface area contributed by atoms with Crippen molar-refractivity contribution in [3.63, 3.8) is 0 Å². The molecule has 140 valence electrons. The number of aromatic nitrogens is 4. The molecule has 1 saturated heterocycles. The van der Waals surface area contributed by atoms with Crippen LogP contribution >= 0.6 is 0 Å². The van der Waals surface area contributed by atoms with Gasteiger partial charge in [-0.15, -0.1) is 0 Å². The van der Waals surface area contributed by atoms with E-state index in [2.05, 4.69) is 25.3 Å². The zero-order valence-electron chi connectivity index (χ0n) is 15.4. The Morgan fingerprint density at radius 2 is 2.04 bits per heavy atom. The predicted molar refractivity (Wildman–Crippen MR) is 102 cm³/mol. The summed E-state index contributed by atoms with van der Waals surface area (Å²) in [4.78, 5) is 23.5. The number of rotatable bonds is 4. The van der Waals surface area contributed by atoms with E-state index in [4.69, 9.17) is 4.74 Å². The lowest BCUT2D eigenvalue weighted by Gasteiger charge is -2.31. The highest BCUT2D eigenvalue weighted by Gasteiger charge is 2.23. The van der Waals surface area contributed by atoms with Gasteiger partial charge in [-0.05, 0) is 18.6 Å². The molecule has 1 aliphatic rings. The van der Waals surface area contributed by atoms with Gasteiger partial charge in [-0.3, -0.25) is 19.7 Å². The Hall–Kier alpha value is -2.84. The van der Waals surface area contributed by atoms with Crippen LogP contribution in [0.3, 0.4) is 0 Å². The summed E-state index contributed by atoms with van der Waals surface area (Å²) in [5.41, 5.74) is 2.82. The van der Waals surface area contributed by atoms with Crippen LogP contribution in [0.15, 0.2) is 36.8 Å². The molecular formula is C19H22N6O2. The zero-order valence-corrected chi connectivity index (χ0v) is 15.4. The summed E-state index contributed by atoms with van der Waals surface area (Å²) in [6, 6.07) is 5.71. The van der Waals surface area contributed by atoms with Gasteiger partial charge in [0.15, 0.2) is 0 Å². The van der Waals surface area contributed by atoms with Gasteiger partial charge in [-0.2, -0.15) is 5.10 Å². The second-order valence-corrected chi connectivity index (χ2v) is 6.68. The molecule has 1 fully saturated rings. The quantitative estimate of drug-likeness (QED) is 0.756. The van der Waals surface area contributed by atoms with E-state index in [0.717, 1.165) is 35.1 Å². The van der Waals surface area contributed by atoms with E-state index < -0.39 is 0 Å². The molecular weight excluding hydrogens is 344 g/mol. The van der Waals surface area contributed by atoms with Crippen molar-refractivity contribution in [2.24, 2.45) is 7.05 Å². The van der Waals surface area contributed by atoms with Gasteiger partial charge in [0.25, 0.3) is 0 Å². The zero-order chi connectivity index (χ0) is 18.8. The number of hydrogen-bond acceptors (Lipinski definition) is 6. The van der Waals surface area contributed by atoms with Gasteiger partial charge in [0.2, 0.25) is 11.9 Å². The van der Waals surface area contributed by atoms with Gasteiger partial charge in [0, 0.05) is 43.5 Å². The van der Waals surface area contributed by atoms with Crippen LogP contribution in [-0.2, 0) is 16.6 Å². The molecule has 8 nitrogen and oxygen atoms in total. The number of carbonyl (C=O) groups excluding carboxylic acids is 1. The van der Waals surface area contributed by atoms with Crippen LogP contribution in [0.4, 0.5) is 5.95 Å². The SMILES string of the molecule is C[C@@H](C(=O)Nc1ncc2ccc(-c3cnn(C)c3)cc2n1)N1CCOCC1. The minimum absolute atomic E-state index is 0.111. The monoisotopic (exact) mass is 366 g/mol. The van der Waals surface area contributed by atoms with Crippen molar-refractivity contribution in [1.82, 2.24) is 24.6 Å². The number of ether oxygens (including phenoxy) is 1. The lowest BCUT2D eigenvalue weighted by Crippen LogP contribution is -2.47. The van der Waals surface area contributed by atoms with Gasteiger partial charge >= 0.3 is 0 Å². The predicted octanol–water partition coefficient (Wildman–Crippen LogP) is 1.69. The molecule has 0 saturated carbocycles. The second-order valence-electron chi connectivity index (χ2n) is 6.68. The summed E-state index contributed by atoms with van der Waals surface area (Å²) in [5.74, 6) is 0.204. The smallest absolute Gasteiger partial charge is 0.243 e. The summed E-state index contributed by atoms with van der Waals surface area (Å²) in [7, 11) is 1.88. The van der Waals surface area contributed by atoms with Crippen LogP contribution in [0.25, 0.3) is 22.0 Å².